The highest BCUT2D eigenvalue weighted by molar-refractivity contribution is 5.68. The molecule has 4 N–H and O–H groups in total. The van der Waals surface area contributed by atoms with Gasteiger partial charge in [0.05, 0.1) is 18.0 Å². The summed E-state index contributed by atoms with van der Waals surface area (Å²) in [5, 5.41) is 11.9. The third kappa shape index (κ3) is 3.78. The standard InChI is InChI=1S/C12H19FN2O2/c1-3-17-12-7-11(10(14)6-9(12)13)15-8(2)4-5-16/h6-8,15-16H,3-5,14H2,1-2H3. The fourth-order valence-electron chi connectivity index (χ4n) is 1.49. The molecule has 0 saturated carbocycles. The van der Waals surface area contributed by atoms with Crippen molar-refractivity contribution >= 4 is 11.4 Å². The first-order valence-corrected chi connectivity index (χ1v) is 5.67. The fraction of sp³-hybridized carbons (Fsp3) is 0.500. The third-order valence-electron chi connectivity index (χ3n) is 2.37. The van der Waals surface area contributed by atoms with Crippen molar-refractivity contribution in [2.24, 2.45) is 0 Å². The zero-order chi connectivity index (χ0) is 12.8. The Labute approximate surface area is 101 Å². The van der Waals surface area contributed by atoms with E-state index in [4.69, 9.17) is 15.6 Å². The summed E-state index contributed by atoms with van der Waals surface area (Å²) in [7, 11) is 0. The number of halogens is 1. The van der Waals surface area contributed by atoms with Gasteiger partial charge in [0, 0.05) is 24.8 Å². The molecule has 0 radical (unpaired) electrons. The van der Waals surface area contributed by atoms with Crippen molar-refractivity contribution in [3.05, 3.63) is 17.9 Å². The van der Waals surface area contributed by atoms with Crippen molar-refractivity contribution in [1.29, 1.82) is 0 Å². The van der Waals surface area contributed by atoms with Gasteiger partial charge in [-0.3, -0.25) is 0 Å². The van der Waals surface area contributed by atoms with E-state index >= 15 is 0 Å². The number of nitrogen functional groups attached to an aromatic ring is 1. The number of anilines is 2. The molecule has 0 aliphatic rings. The molecule has 0 spiro atoms. The van der Waals surface area contributed by atoms with Crippen molar-refractivity contribution < 1.29 is 14.2 Å². The van der Waals surface area contributed by atoms with Crippen LogP contribution in [0.4, 0.5) is 15.8 Å². The molecular weight excluding hydrogens is 223 g/mol. The molecule has 0 bridgehead atoms. The number of nitrogens with one attached hydrogen (secondary N) is 1. The molecule has 0 heterocycles. The van der Waals surface area contributed by atoms with Crippen molar-refractivity contribution in [2.45, 2.75) is 26.3 Å². The minimum Gasteiger partial charge on any atom is -0.491 e. The lowest BCUT2D eigenvalue weighted by Crippen LogP contribution is -2.17. The zero-order valence-corrected chi connectivity index (χ0v) is 10.2. The quantitative estimate of drug-likeness (QED) is 0.667. The summed E-state index contributed by atoms with van der Waals surface area (Å²) in [6, 6.07) is 2.84. The molecule has 0 amide bonds. The van der Waals surface area contributed by atoms with E-state index < -0.39 is 5.82 Å². The maximum Gasteiger partial charge on any atom is 0.167 e. The van der Waals surface area contributed by atoms with Gasteiger partial charge in [-0.05, 0) is 20.3 Å². The highest BCUT2D eigenvalue weighted by atomic mass is 19.1. The predicted octanol–water partition coefficient (Wildman–Crippen LogP) is 1.99. The Balaban J connectivity index is 2.87. The maximum absolute atomic E-state index is 13.4. The van der Waals surface area contributed by atoms with Gasteiger partial charge in [0.25, 0.3) is 0 Å². The van der Waals surface area contributed by atoms with Crippen LogP contribution in [0.25, 0.3) is 0 Å². The SMILES string of the molecule is CCOc1cc(NC(C)CCO)c(N)cc1F. The minimum absolute atomic E-state index is 0.0576. The van der Waals surface area contributed by atoms with Crippen LogP contribution in [0.15, 0.2) is 12.1 Å². The lowest BCUT2D eigenvalue weighted by atomic mass is 10.2. The lowest BCUT2D eigenvalue weighted by Gasteiger charge is -2.17. The number of ether oxygens (including phenoxy) is 1. The molecule has 17 heavy (non-hydrogen) atoms. The van der Waals surface area contributed by atoms with Crippen molar-refractivity contribution in [3.63, 3.8) is 0 Å². The van der Waals surface area contributed by atoms with Gasteiger partial charge >= 0.3 is 0 Å². The second-order valence-electron chi connectivity index (χ2n) is 3.86. The molecule has 1 unspecified atom stereocenters. The minimum atomic E-state index is -0.468. The molecule has 1 aromatic rings. The highest BCUT2D eigenvalue weighted by Crippen LogP contribution is 2.28. The number of hydrogen-bond acceptors (Lipinski definition) is 4. The summed E-state index contributed by atoms with van der Waals surface area (Å²) in [5.41, 5.74) is 6.66. The van der Waals surface area contributed by atoms with Gasteiger partial charge in [0.2, 0.25) is 0 Å². The molecule has 0 fully saturated rings. The summed E-state index contributed by atoms with van der Waals surface area (Å²) in [5.74, 6) is -0.287. The van der Waals surface area contributed by atoms with Crippen LogP contribution >= 0.6 is 0 Å². The Kier molecular flexibility index (Phi) is 5.03. The maximum atomic E-state index is 13.4. The van der Waals surface area contributed by atoms with Crippen molar-refractivity contribution in [1.82, 2.24) is 0 Å². The summed E-state index contributed by atoms with van der Waals surface area (Å²) in [4.78, 5) is 0. The van der Waals surface area contributed by atoms with Gasteiger partial charge in [-0.15, -0.1) is 0 Å². The van der Waals surface area contributed by atoms with E-state index in [0.29, 0.717) is 24.4 Å². The van der Waals surface area contributed by atoms with Crippen molar-refractivity contribution in [2.75, 3.05) is 24.3 Å². The Morgan fingerprint density at radius 1 is 1.53 bits per heavy atom. The van der Waals surface area contributed by atoms with E-state index in [9.17, 15) is 4.39 Å². The second-order valence-corrected chi connectivity index (χ2v) is 3.86. The van der Waals surface area contributed by atoms with E-state index in [1.54, 1.807) is 13.0 Å². The Hall–Kier alpha value is -1.49. The van der Waals surface area contributed by atoms with Crippen LogP contribution in [0, 0.1) is 5.82 Å². The molecule has 1 aromatic carbocycles. The molecule has 96 valence electrons. The van der Waals surface area contributed by atoms with Crippen LogP contribution in [0.2, 0.25) is 0 Å². The Bertz CT molecular complexity index is 372. The number of hydrogen-bond donors (Lipinski definition) is 3. The molecule has 0 aliphatic carbocycles. The van der Waals surface area contributed by atoms with Gasteiger partial charge < -0.3 is 20.9 Å². The first kappa shape index (κ1) is 13.6. The van der Waals surface area contributed by atoms with Crippen LogP contribution in [-0.4, -0.2) is 24.4 Å². The number of aliphatic hydroxyl groups is 1. The predicted molar refractivity (Wildman–Crippen MR) is 66.8 cm³/mol. The van der Waals surface area contributed by atoms with E-state index in [1.165, 1.54) is 6.07 Å². The van der Waals surface area contributed by atoms with Gasteiger partial charge in [0.1, 0.15) is 0 Å². The Morgan fingerprint density at radius 3 is 2.82 bits per heavy atom. The number of nitrogens with two attached hydrogens (primary N) is 1. The van der Waals surface area contributed by atoms with Crippen molar-refractivity contribution in [3.8, 4) is 5.75 Å². The normalized spacial score (nSPS) is 12.2. The monoisotopic (exact) mass is 242 g/mol. The van der Waals surface area contributed by atoms with Crippen LogP contribution in [-0.2, 0) is 0 Å². The van der Waals surface area contributed by atoms with Crippen LogP contribution < -0.4 is 15.8 Å². The average molecular weight is 242 g/mol. The summed E-state index contributed by atoms with van der Waals surface area (Å²) in [6.45, 7) is 4.19. The molecule has 5 heteroatoms. The van der Waals surface area contributed by atoms with Gasteiger partial charge in [-0.1, -0.05) is 0 Å². The molecule has 0 aliphatic heterocycles. The average Bonchev–Trinajstić information content (AvgIpc) is 2.25. The highest BCUT2D eigenvalue weighted by Gasteiger charge is 2.10. The molecule has 0 saturated heterocycles. The van der Waals surface area contributed by atoms with Gasteiger partial charge in [-0.2, -0.15) is 0 Å². The number of benzene rings is 1. The molecule has 1 rings (SSSR count). The summed E-state index contributed by atoms with van der Waals surface area (Å²) < 4.78 is 18.6. The van der Waals surface area contributed by atoms with Gasteiger partial charge in [-0.25, -0.2) is 4.39 Å². The largest absolute Gasteiger partial charge is 0.491 e. The Morgan fingerprint density at radius 2 is 2.24 bits per heavy atom. The molecular formula is C12H19FN2O2. The first-order valence-electron chi connectivity index (χ1n) is 5.67. The lowest BCUT2D eigenvalue weighted by molar-refractivity contribution is 0.282. The van der Waals surface area contributed by atoms with Crippen LogP contribution in [0.5, 0.6) is 5.75 Å². The fourth-order valence-corrected chi connectivity index (χ4v) is 1.49. The van der Waals surface area contributed by atoms with Crippen LogP contribution in [0.3, 0.4) is 0 Å². The first-order chi connectivity index (χ1) is 8.08. The third-order valence-corrected chi connectivity index (χ3v) is 2.37. The number of aliphatic hydroxyl groups excluding tert-OH is 1. The van der Waals surface area contributed by atoms with E-state index in [2.05, 4.69) is 5.32 Å². The molecule has 1 atom stereocenters. The second kappa shape index (κ2) is 6.30. The van der Waals surface area contributed by atoms with E-state index in [1.807, 2.05) is 6.92 Å². The number of rotatable bonds is 6. The molecule has 0 aromatic heterocycles. The van der Waals surface area contributed by atoms with E-state index in [-0.39, 0.29) is 18.4 Å². The van der Waals surface area contributed by atoms with Gasteiger partial charge in [0.15, 0.2) is 11.6 Å². The topological polar surface area (TPSA) is 67.5 Å². The van der Waals surface area contributed by atoms with E-state index in [0.717, 1.165) is 0 Å². The summed E-state index contributed by atoms with van der Waals surface area (Å²) >= 11 is 0. The smallest absolute Gasteiger partial charge is 0.167 e. The van der Waals surface area contributed by atoms with Crippen LogP contribution in [0.1, 0.15) is 20.3 Å². The molecule has 4 nitrogen and oxygen atoms in total. The summed E-state index contributed by atoms with van der Waals surface area (Å²) in [6.07, 6.45) is 0.598. The zero-order valence-electron chi connectivity index (χ0n) is 10.2.